The first-order valence-corrected chi connectivity index (χ1v) is 8.33. The van der Waals surface area contributed by atoms with Crippen LogP contribution in [-0.4, -0.2) is 36.2 Å². The summed E-state index contributed by atoms with van der Waals surface area (Å²) in [5.41, 5.74) is 2.60. The molecule has 0 atom stereocenters. The highest BCUT2D eigenvalue weighted by atomic mass is 16.5. The molecule has 0 aliphatic carbocycles. The second kappa shape index (κ2) is 9.06. The molecule has 0 bridgehead atoms. The zero-order valence-electron chi connectivity index (χ0n) is 15.1. The fourth-order valence-corrected chi connectivity index (χ4v) is 2.83. The summed E-state index contributed by atoms with van der Waals surface area (Å²) in [6.07, 6.45) is 2.14. The average molecular weight is 322 g/mol. The van der Waals surface area contributed by atoms with Gasteiger partial charge in [0.15, 0.2) is 0 Å². The van der Waals surface area contributed by atoms with Gasteiger partial charge in [0.25, 0.3) is 0 Å². The summed E-state index contributed by atoms with van der Waals surface area (Å²) < 4.78 is 7.59. The molecule has 0 spiro atoms. The van der Waals surface area contributed by atoms with Gasteiger partial charge in [-0.1, -0.05) is 11.8 Å². The fourth-order valence-electron chi connectivity index (χ4n) is 2.83. The van der Waals surface area contributed by atoms with E-state index in [0.29, 0.717) is 0 Å². The summed E-state index contributed by atoms with van der Waals surface area (Å²) in [5, 5.41) is 1.23. The lowest BCUT2D eigenvalue weighted by Crippen LogP contribution is -2.26. The number of methoxy groups -OCH3 is 1. The minimum Gasteiger partial charge on any atom is -0.497 e. The first kappa shape index (κ1) is 18.0. The average Bonchev–Trinajstić information content (AvgIpc) is 2.92. The van der Waals surface area contributed by atoms with E-state index < -0.39 is 0 Å². The van der Waals surface area contributed by atoms with Crippen LogP contribution in [0.15, 0.2) is 24.3 Å². The lowest BCUT2D eigenvalue weighted by atomic mass is 10.2. The van der Waals surface area contributed by atoms with Gasteiger partial charge in [0.2, 0.25) is 0 Å². The number of nitrogens with zero attached hydrogens (tertiary/aromatic N) is 2. The first-order valence-electron chi connectivity index (χ1n) is 8.33. The molecule has 0 aliphatic rings. The molecule has 1 aromatic heterocycles. The van der Waals surface area contributed by atoms with Crippen molar-refractivity contribution in [2.24, 2.45) is 7.05 Å². The summed E-state index contributed by atoms with van der Waals surface area (Å²) in [4.78, 5) is 2.30. The summed E-state index contributed by atoms with van der Waals surface area (Å²) >= 11 is 0. The molecule has 0 saturated carbocycles. The number of benzene rings is 1. The number of fused-ring (bicyclic) bond motifs is 1. The Kier molecular flexibility index (Phi) is 6.79. The van der Waals surface area contributed by atoms with Crippen LogP contribution in [-0.2, 0) is 13.5 Å². The van der Waals surface area contributed by atoms with Crippen molar-refractivity contribution in [2.75, 3.05) is 26.7 Å². The number of aromatic nitrogens is 1. The van der Waals surface area contributed by atoms with Gasteiger partial charge in [0.05, 0.1) is 20.2 Å². The normalized spacial score (nSPS) is 10.2. The van der Waals surface area contributed by atoms with Crippen molar-refractivity contribution >= 4 is 10.9 Å². The Morgan fingerprint density at radius 1 is 1.08 bits per heavy atom. The van der Waals surface area contributed by atoms with Crippen molar-refractivity contribution in [3.05, 3.63) is 30.0 Å². The molecule has 2 aromatic rings. The predicted octanol–water partition coefficient (Wildman–Crippen LogP) is 3.47. The summed E-state index contributed by atoms with van der Waals surface area (Å²) in [7, 11) is 3.84. The second-order valence-corrected chi connectivity index (χ2v) is 5.79. The molecule has 1 aromatic carbocycles. The lowest BCUT2D eigenvalue weighted by Gasteiger charge is -2.16. The van der Waals surface area contributed by atoms with Crippen LogP contribution >= 0.6 is 0 Å². The van der Waals surface area contributed by atoms with Crippen LogP contribution in [0.2, 0.25) is 0 Å². The Hall–Kier alpha value is -2.36. The predicted molar refractivity (Wildman–Crippen MR) is 101 cm³/mol. The molecule has 2 rings (SSSR count). The molecule has 3 heteroatoms. The zero-order valence-corrected chi connectivity index (χ0v) is 15.1. The third-order valence-corrected chi connectivity index (χ3v) is 4.22. The highest BCUT2D eigenvalue weighted by Gasteiger charge is 2.08. The van der Waals surface area contributed by atoms with E-state index >= 15 is 0 Å². The summed E-state index contributed by atoms with van der Waals surface area (Å²) in [6, 6.07) is 8.50. The molecule has 3 nitrogen and oxygen atoms in total. The molecule has 0 aliphatic heterocycles. The minimum absolute atomic E-state index is 0.789. The number of hydrogen-bond acceptors (Lipinski definition) is 2. The Morgan fingerprint density at radius 3 is 2.42 bits per heavy atom. The lowest BCUT2D eigenvalue weighted by molar-refractivity contribution is 0.339. The van der Waals surface area contributed by atoms with Crippen molar-refractivity contribution in [1.82, 2.24) is 9.47 Å². The van der Waals surface area contributed by atoms with E-state index in [2.05, 4.69) is 58.4 Å². The Bertz CT molecular complexity index is 774. The van der Waals surface area contributed by atoms with Gasteiger partial charge in [-0.2, -0.15) is 0 Å². The SMILES string of the molecule is CC#CCN(CC#CC)CCCc1cc2cc(OC)ccc2n1C. The molecular weight excluding hydrogens is 296 g/mol. The molecular formula is C21H26N2O. The van der Waals surface area contributed by atoms with Gasteiger partial charge < -0.3 is 9.30 Å². The Balaban J connectivity index is 2.01. The molecule has 0 unspecified atom stereocenters. The van der Waals surface area contributed by atoms with Crippen molar-refractivity contribution in [1.29, 1.82) is 0 Å². The van der Waals surface area contributed by atoms with Gasteiger partial charge in [-0.15, -0.1) is 11.8 Å². The van der Waals surface area contributed by atoms with Gasteiger partial charge in [0.1, 0.15) is 5.75 Å². The third kappa shape index (κ3) is 4.57. The fraction of sp³-hybridized carbons (Fsp3) is 0.429. The van der Waals surface area contributed by atoms with E-state index in [1.165, 1.54) is 16.6 Å². The highest BCUT2D eigenvalue weighted by Crippen LogP contribution is 2.24. The number of aryl methyl sites for hydroxylation is 2. The van der Waals surface area contributed by atoms with E-state index in [-0.39, 0.29) is 0 Å². The molecule has 0 N–H and O–H groups in total. The van der Waals surface area contributed by atoms with Gasteiger partial charge in [-0.25, -0.2) is 0 Å². The van der Waals surface area contributed by atoms with E-state index in [1.807, 2.05) is 19.9 Å². The molecule has 126 valence electrons. The smallest absolute Gasteiger partial charge is 0.119 e. The number of ether oxygens (including phenoxy) is 1. The molecule has 1 heterocycles. The van der Waals surface area contributed by atoms with Crippen molar-refractivity contribution in [3.8, 4) is 29.4 Å². The van der Waals surface area contributed by atoms with Crippen LogP contribution in [0.3, 0.4) is 0 Å². The van der Waals surface area contributed by atoms with Crippen LogP contribution in [0.4, 0.5) is 0 Å². The highest BCUT2D eigenvalue weighted by molar-refractivity contribution is 5.82. The van der Waals surface area contributed by atoms with Crippen LogP contribution < -0.4 is 4.74 Å². The van der Waals surface area contributed by atoms with Crippen molar-refractivity contribution in [2.45, 2.75) is 26.7 Å². The van der Waals surface area contributed by atoms with E-state index in [1.54, 1.807) is 7.11 Å². The maximum atomic E-state index is 5.32. The van der Waals surface area contributed by atoms with Gasteiger partial charge in [-0.05, 0) is 51.0 Å². The summed E-state index contributed by atoms with van der Waals surface area (Å²) in [6.45, 7) is 6.35. The Labute approximate surface area is 145 Å². The van der Waals surface area contributed by atoms with E-state index in [0.717, 1.165) is 38.2 Å². The van der Waals surface area contributed by atoms with Gasteiger partial charge in [0, 0.05) is 30.2 Å². The van der Waals surface area contributed by atoms with Crippen molar-refractivity contribution in [3.63, 3.8) is 0 Å². The minimum atomic E-state index is 0.789. The zero-order chi connectivity index (χ0) is 17.4. The van der Waals surface area contributed by atoms with E-state index in [4.69, 9.17) is 4.74 Å². The van der Waals surface area contributed by atoms with Gasteiger partial charge >= 0.3 is 0 Å². The van der Waals surface area contributed by atoms with Gasteiger partial charge in [-0.3, -0.25) is 4.90 Å². The molecule has 0 radical (unpaired) electrons. The first-order chi connectivity index (χ1) is 11.7. The monoisotopic (exact) mass is 322 g/mol. The Morgan fingerprint density at radius 2 is 1.79 bits per heavy atom. The third-order valence-electron chi connectivity index (χ3n) is 4.22. The van der Waals surface area contributed by atoms with Crippen LogP contribution in [0.25, 0.3) is 10.9 Å². The van der Waals surface area contributed by atoms with Crippen LogP contribution in [0.5, 0.6) is 5.75 Å². The van der Waals surface area contributed by atoms with Crippen molar-refractivity contribution < 1.29 is 4.74 Å². The topological polar surface area (TPSA) is 17.4 Å². The largest absolute Gasteiger partial charge is 0.497 e. The summed E-state index contributed by atoms with van der Waals surface area (Å²) in [5.74, 6) is 13.1. The van der Waals surface area contributed by atoms with Crippen LogP contribution in [0.1, 0.15) is 26.0 Å². The molecule has 24 heavy (non-hydrogen) atoms. The quantitative estimate of drug-likeness (QED) is 0.726. The number of hydrogen-bond donors (Lipinski definition) is 0. The standard InChI is InChI=1S/C21H26N2O/c1-5-7-13-23(14-8-6-2)15-9-10-19-16-18-17-20(24-4)11-12-21(18)22(19)3/h11-12,16-17H,9-10,13-15H2,1-4H3. The molecule has 0 saturated heterocycles. The number of rotatable bonds is 7. The molecule has 0 fully saturated rings. The maximum absolute atomic E-state index is 5.32. The molecule has 0 amide bonds. The maximum Gasteiger partial charge on any atom is 0.119 e. The van der Waals surface area contributed by atoms with E-state index in [9.17, 15) is 0 Å². The second-order valence-electron chi connectivity index (χ2n) is 5.79. The van der Waals surface area contributed by atoms with Crippen LogP contribution in [0, 0.1) is 23.7 Å².